The number of carbonyl (C=O) groups is 1. The molecule has 3 aromatic heterocycles. The number of halogens is 1. The first kappa shape index (κ1) is 25.1. The van der Waals surface area contributed by atoms with Crippen molar-refractivity contribution in [3.63, 3.8) is 0 Å². The molecule has 0 atom stereocenters. The van der Waals surface area contributed by atoms with E-state index in [0.717, 1.165) is 33.6 Å². The van der Waals surface area contributed by atoms with Gasteiger partial charge in [-0.2, -0.15) is 0 Å². The van der Waals surface area contributed by atoms with Crippen LogP contribution in [0.1, 0.15) is 26.7 Å². The van der Waals surface area contributed by atoms with Gasteiger partial charge in [0.2, 0.25) is 0 Å². The highest BCUT2D eigenvalue weighted by Crippen LogP contribution is 2.39. The monoisotopic (exact) mass is 525 g/mol. The molecule has 2 amide bonds. The largest absolute Gasteiger partial charge is 0.453 e. The van der Waals surface area contributed by atoms with Crippen LogP contribution in [0.15, 0.2) is 49.1 Å². The molecule has 194 valence electrons. The quantitative estimate of drug-likeness (QED) is 0.241. The second-order valence-corrected chi connectivity index (χ2v) is 9.60. The smallest absolute Gasteiger partial charge is 0.319 e. The summed E-state index contributed by atoms with van der Waals surface area (Å²) in [5.74, 6) is -0.0415. The number of thiophene rings is 1. The standard InChI is InChI=1S/C26H28FN5O4S/c1-3-34-24(35-4-2)14-32-13-20(29-15-32)23-12-19-25(37-23)22(9-10-28-19)36-21-8-7-17(11-18(21)27)31-26(33)30-16-5-6-16/h7-13,15-16,24H,3-6,14H2,1-2H3,(H2,30,31,33). The highest BCUT2D eigenvalue weighted by atomic mass is 32.1. The van der Waals surface area contributed by atoms with Gasteiger partial charge in [-0.15, -0.1) is 11.3 Å². The van der Waals surface area contributed by atoms with E-state index < -0.39 is 5.82 Å². The van der Waals surface area contributed by atoms with Crippen molar-refractivity contribution in [3.8, 4) is 22.1 Å². The van der Waals surface area contributed by atoms with E-state index in [9.17, 15) is 9.18 Å². The summed E-state index contributed by atoms with van der Waals surface area (Å²) in [4.78, 5) is 21.8. The summed E-state index contributed by atoms with van der Waals surface area (Å²) in [5, 5.41) is 5.45. The summed E-state index contributed by atoms with van der Waals surface area (Å²) < 4.78 is 34.7. The van der Waals surface area contributed by atoms with Crippen LogP contribution in [0.4, 0.5) is 14.9 Å². The molecule has 0 aliphatic heterocycles. The van der Waals surface area contributed by atoms with Crippen molar-refractivity contribution in [1.29, 1.82) is 0 Å². The molecule has 0 unspecified atom stereocenters. The lowest BCUT2D eigenvalue weighted by atomic mass is 10.3. The summed E-state index contributed by atoms with van der Waals surface area (Å²) >= 11 is 1.46. The van der Waals surface area contributed by atoms with Gasteiger partial charge >= 0.3 is 6.03 Å². The minimum absolute atomic E-state index is 0.0535. The number of pyridine rings is 1. The zero-order valence-electron chi connectivity index (χ0n) is 20.6. The summed E-state index contributed by atoms with van der Waals surface area (Å²) in [6.07, 6.45) is 6.90. The number of hydrogen-bond acceptors (Lipinski definition) is 7. The second kappa shape index (κ2) is 11.2. The van der Waals surface area contributed by atoms with Gasteiger partial charge in [0, 0.05) is 49.5 Å². The van der Waals surface area contributed by atoms with Gasteiger partial charge in [-0.3, -0.25) is 4.98 Å². The molecule has 1 aromatic carbocycles. The van der Waals surface area contributed by atoms with E-state index in [1.807, 2.05) is 30.7 Å². The summed E-state index contributed by atoms with van der Waals surface area (Å²) in [6.45, 7) is 5.51. The van der Waals surface area contributed by atoms with E-state index in [1.54, 1.807) is 24.7 Å². The first-order chi connectivity index (χ1) is 18.0. The molecule has 2 N–H and O–H groups in total. The van der Waals surface area contributed by atoms with E-state index in [1.165, 1.54) is 23.5 Å². The lowest BCUT2D eigenvalue weighted by Crippen LogP contribution is -2.30. The minimum atomic E-state index is -0.581. The Bertz CT molecular complexity index is 1380. The number of urea groups is 1. The number of ether oxygens (including phenoxy) is 3. The topological polar surface area (TPSA) is 99.5 Å². The number of rotatable bonds is 11. The normalized spacial score (nSPS) is 13.3. The summed E-state index contributed by atoms with van der Waals surface area (Å²) in [6, 6.07) is 7.85. The molecule has 1 saturated carbocycles. The van der Waals surface area contributed by atoms with Crippen molar-refractivity contribution in [1.82, 2.24) is 19.9 Å². The highest BCUT2D eigenvalue weighted by Gasteiger charge is 2.23. The van der Waals surface area contributed by atoms with Crippen molar-refractivity contribution in [2.75, 3.05) is 18.5 Å². The predicted octanol–water partition coefficient (Wildman–Crippen LogP) is 5.77. The lowest BCUT2D eigenvalue weighted by molar-refractivity contribution is -0.143. The number of amides is 2. The van der Waals surface area contributed by atoms with E-state index >= 15 is 0 Å². The van der Waals surface area contributed by atoms with E-state index in [4.69, 9.17) is 14.2 Å². The number of fused-ring (bicyclic) bond motifs is 1. The van der Waals surface area contributed by atoms with Crippen LogP contribution >= 0.6 is 11.3 Å². The Kier molecular flexibility index (Phi) is 7.63. The number of imidazole rings is 1. The van der Waals surface area contributed by atoms with Crippen molar-refractivity contribution in [3.05, 3.63) is 54.9 Å². The Morgan fingerprint density at radius 3 is 2.70 bits per heavy atom. The molecule has 0 radical (unpaired) electrons. The molecule has 4 aromatic rings. The molecule has 0 spiro atoms. The lowest BCUT2D eigenvalue weighted by Gasteiger charge is -2.16. The second-order valence-electron chi connectivity index (χ2n) is 8.55. The zero-order chi connectivity index (χ0) is 25.8. The fourth-order valence-electron chi connectivity index (χ4n) is 3.77. The Morgan fingerprint density at radius 1 is 1.16 bits per heavy atom. The van der Waals surface area contributed by atoms with Crippen LogP contribution < -0.4 is 15.4 Å². The van der Waals surface area contributed by atoms with Crippen LogP contribution in [0.5, 0.6) is 11.5 Å². The van der Waals surface area contributed by atoms with Gasteiger partial charge in [-0.05, 0) is 44.9 Å². The highest BCUT2D eigenvalue weighted by molar-refractivity contribution is 7.22. The first-order valence-electron chi connectivity index (χ1n) is 12.2. The van der Waals surface area contributed by atoms with Crippen LogP contribution in [-0.2, 0) is 16.0 Å². The van der Waals surface area contributed by atoms with Crippen LogP contribution in [0.2, 0.25) is 0 Å². The first-order valence-corrected chi connectivity index (χ1v) is 13.0. The third-order valence-electron chi connectivity index (χ3n) is 5.65. The third kappa shape index (κ3) is 6.24. The van der Waals surface area contributed by atoms with E-state index in [0.29, 0.717) is 31.2 Å². The van der Waals surface area contributed by atoms with Gasteiger partial charge in [0.15, 0.2) is 17.9 Å². The Morgan fingerprint density at radius 2 is 1.97 bits per heavy atom. The van der Waals surface area contributed by atoms with Crippen molar-refractivity contribution in [2.24, 2.45) is 0 Å². The average Bonchev–Trinajstić information content (AvgIpc) is 3.36. The molecule has 5 rings (SSSR count). The average molecular weight is 526 g/mol. The number of anilines is 1. The van der Waals surface area contributed by atoms with E-state index in [-0.39, 0.29) is 24.1 Å². The molecule has 11 heteroatoms. The van der Waals surface area contributed by atoms with Crippen LogP contribution in [0.25, 0.3) is 20.8 Å². The predicted molar refractivity (Wildman–Crippen MR) is 140 cm³/mol. The summed E-state index contributed by atoms with van der Waals surface area (Å²) in [7, 11) is 0. The SMILES string of the molecule is CCOC(Cn1cnc(-c2cc3nccc(Oc4ccc(NC(=O)NC5CC5)cc4F)c3s2)c1)OCC. The van der Waals surface area contributed by atoms with Crippen LogP contribution in [0, 0.1) is 5.82 Å². The molecular weight excluding hydrogens is 497 g/mol. The molecule has 1 aliphatic carbocycles. The molecule has 1 aliphatic rings. The number of aromatic nitrogens is 3. The Hall–Kier alpha value is -3.54. The van der Waals surface area contributed by atoms with Crippen molar-refractivity contribution in [2.45, 2.75) is 45.6 Å². The molecule has 37 heavy (non-hydrogen) atoms. The molecule has 0 bridgehead atoms. The van der Waals surface area contributed by atoms with Gasteiger partial charge in [0.1, 0.15) is 5.75 Å². The molecule has 1 fully saturated rings. The fourth-order valence-corrected chi connectivity index (χ4v) is 4.79. The number of carbonyl (C=O) groups excluding carboxylic acids is 1. The molecule has 9 nitrogen and oxygen atoms in total. The number of nitrogens with zero attached hydrogens (tertiary/aromatic N) is 3. The number of benzene rings is 1. The Balaban J connectivity index is 1.31. The van der Waals surface area contributed by atoms with Gasteiger partial charge in [-0.1, -0.05) is 0 Å². The van der Waals surface area contributed by atoms with Gasteiger partial charge in [0.25, 0.3) is 0 Å². The fraction of sp³-hybridized carbons (Fsp3) is 0.346. The minimum Gasteiger partial charge on any atom is -0.453 e. The summed E-state index contributed by atoms with van der Waals surface area (Å²) in [5.41, 5.74) is 1.86. The maximum Gasteiger partial charge on any atom is 0.319 e. The molecule has 3 heterocycles. The van der Waals surface area contributed by atoms with Gasteiger partial charge in [-0.25, -0.2) is 14.2 Å². The van der Waals surface area contributed by atoms with Gasteiger partial charge in [0.05, 0.1) is 33.7 Å². The van der Waals surface area contributed by atoms with Gasteiger partial charge < -0.3 is 29.4 Å². The number of nitrogens with one attached hydrogen (secondary N) is 2. The van der Waals surface area contributed by atoms with Crippen LogP contribution in [0.3, 0.4) is 0 Å². The molecule has 0 saturated heterocycles. The Labute approximate surface area is 217 Å². The van der Waals surface area contributed by atoms with Crippen molar-refractivity contribution >= 4 is 33.3 Å². The maximum absolute atomic E-state index is 14.8. The van der Waals surface area contributed by atoms with Crippen LogP contribution in [-0.4, -0.2) is 46.1 Å². The van der Waals surface area contributed by atoms with Crippen molar-refractivity contribution < 1.29 is 23.4 Å². The maximum atomic E-state index is 14.8. The number of hydrogen-bond donors (Lipinski definition) is 2. The molecular formula is C26H28FN5O4S. The zero-order valence-corrected chi connectivity index (χ0v) is 21.4. The van der Waals surface area contributed by atoms with E-state index in [2.05, 4.69) is 20.6 Å². The third-order valence-corrected chi connectivity index (χ3v) is 6.81.